The van der Waals surface area contributed by atoms with Crippen LogP contribution in [0.2, 0.25) is 10.0 Å². The molecule has 0 aromatic heterocycles. The van der Waals surface area contributed by atoms with E-state index < -0.39 is 33.5 Å². The SMILES string of the molecule is CCCOc1ccc(CN2C(=O)NC(=O)/C(=C\c3cc(Cl)cc(Cl)c3OS(=O)(=O)c3ccc(C)cc3)C2=O)cc1OCC. The first kappa shape index (κ1) is 31.9. The standard InChI is InChI=1S/C30H28Cl2N2O8S/c1-4-12-41-25-11-8-19(13-26(25)40-5-2)17-34-29(36)23(28(35)33-30(34)37)15-20-14-21(31)16-24(32)27(20)42-43(38,39)22-9-6-18(3)7-10-22/h6-11,13-16H,4-5,12,17H2,1-3H3,(H,33,35,37)/b23-15+. The highest BCUT2D eigenvalue weighted by Crippen LogP contribution is 2.36. The summed E-state index contributed by atoms with van der Waals surface area (Å²) in [6, 6.07) is 12.5. The predicted octanol–water partition coefficient (Wildman–Crippen LogP) is 5.92. The topological polar surface area (TPSA) is 128 Å². The molecule has 3 aromatic carbocycles. The Bertz CT molecular complexity index is 1710. The van der Waals surface area contributed by atoms with Crippen LogP contribution in [0.4, 0.5) is 4.79 Å². The normalized spacial score (nSPS) is 14.6. The lowest BCUT2D eigenvalue weighted by atomic mass is 10.1. The van der Waals surface area contributed by atoms with Gasteiger partial charge in [0.05, 0.1) is 24.8 Å². The minimum Gasteiger partial charge on any atom is -0.490 e. The number of imide groups is 2. The lowest BCUT2D eigenvalue weighted by molar-refractivity contribution is -0.130. The number of ether oxygens (including phenoxy) is 2. The second-order valence-corrected chi connectivity index (χ2v) is 11.8. The molecule has 4 rings (SSSR count). The van der Waals surface area contributed by atoms with Gasteiger partial charge in [0, 0.05) is 10.6 Å². The van der Waals surface area contributed by atoms with Crippen molar-refractivity contribution < 1.29 is 36.5 Å². The first-order chi connectivity index (χ1) is 20.4. The van der Waals surface area contributed by atoms with E-state index in [2.05, 4.69) is 5.32 Å². The van der Waals surface area contributed by atoms with Crippen LogP contribution in [0.15, 0.2) is 65.1 Å². The average molecular weight is 648 g/mol. The van der Waals surface area contributed by atoms with Crippen molar-refractivity contribution in [3.05, 3.63) is 86.9 Å². The van der Waals surface area contributed by atoms with Crippen molar-refractivity contribution in [1.29, 1.82) is 0 Å². The van der Waals surface area contributed by atoms with Gasteiger partial charge in [-0.05, 0) is 68.3 Å². The van der Waals surface area contributed by atoms with Crippen molar-refractivity contribution in [3.8, 4) is 17.2 Å². The first-order valence-corrected chi connectivity index (χ1v) is 15.4. The Kier molecular flexibility index (Phi) is 10.0. The van der Waals surface area contributed by atoms with E-state index in [9.17, 15) is 22.8 Å². The molecule has 1 aliphatic rings. The molecular weight excluding hydrogens is 619 g/mol. The van der Waals surface area contributed by atoms with E-state index in [4.69, 9.17) is 36.9 Å². The lowest BCUT2D eigenvalue weighted by Gasteiger charge is -2.27. The van der Waals surface area contributed by atoms with Gasteiger partial charge in [-0.3, -0.25) is 19.8 Å². The van der Waals surface area contributed by atoms with Gasteiger partial charge in [-0.2, -0.15) is 8.42 Å². The Hall–Kier alpha value is -4.06. The highest BCUT2D eigenvalue weighted by molar-refractivity contribution is 7.87. The highest BCUT2D eigenvalue weighted by Gasteiger charge is 2.36. The van der Waals surface area contributed by atoms with Gasteiger partial charge in [-0.25, -0.2) is 4.79 Å². The Morgan fingerprint density at radius 2 is 1.65 bits per heavy atom. The third-order valence-corrected chi connectivity index (χ3v) is 7.87. The van der Waals surface area contributed by atoms with Crippen LogP contribution in [0.3, 0.4) is 0 Å². The molecule has 1 N–H and O–H groups in total. The molecule has 0 saturated carbocycles. The van der Waals surface area contributed by atoms with E-state index in [0.29, 0.717) is 30.3 Å². The summed E-state index contributed by atoms with van der Waals surface area (Å²) in [7, 11) is -4.36. The van der Waals surface area contributed by atoms with Crippen LogP contribution in [0.25, 0.3) is 6.08 Å². The summed E-state index contributed by atoms with van der Waals surface area (Å²) >= 11 is 12.5. The van der Waals surface area contributed by atoms with E-state index in [1.165, 1.54) is 24.3 Å². The molecule has 13 heteroatoms. The summed E-state index contributed by atoms with van der Waals surface area (Å²) in [5.74, 6) is -1.32. The van der Waals surface area contributed by atoms with Crippen molar-refractivity contribution >= 4 is 57.2 Å². The third-order valence-electron chi connectivity index (χ3n) is 6.14. The zero-order chi connectivity index (χ0) is 31.3. The van der Waals surface area contributed by atoms with Gasteiger partial charge in [-0.15, -0.1) is 0 Å². The molecule has 1 heterocycles. The second kappa shape index (κ2) is 13.5. The summed E-state index contributed by atoms with van der Waals surface area (Å²) in [6.45, 7) is 6.22. The Balaban J connectivity index is 1.68. The van der Waals surface area contributed by atoms with E-state index in [1.807, 2.05) is 13.8 Å². The number of carbonyl (C=O) groups is 3. The summed E-state index contributed by atoms with van der Waals surface area (Å²) in [4.78, 5) is 39.7. The van der Waals surface area contributed by atoms with E-state index in [0.717, 1.165) is 23.0 Å². The summed E-state index contributed by atoms with van der Waals surface area (Å²) in [6.07, 6.45) is 1.86. The van der Waals surface area contributed by atoms with Crippen molar-refractivity contribution in [3.63, 3.8) is 0 Å². The minimum absolute atomic E-state index is 0.0722. The van der Waals surface area contributed by atoms with Crippen LogP contribution >= 0.6 is 23.2 Å². The number of halogens is 2. The number of carbonyl (C=O) groups excluding carboxylic acids is 3. The van der Waals surface area contributed by atoms with Gasteiger partial charge in [0.2, 0.25) is 0 Å². The molecule has 0 radical (unpaired) electrons. The van der Waals surface area contributed by atoms with Crippen molar-refractivity contribution in [2.45, 2.75) is 38.6 Å². The molecule has 3 aromatic rings. The summed E-state index contributed by atoms with van der Waals surface area (Å²) < 4.78 is 42.8. The monoisotopic (exact) mass is 646 g/mol. The predicted molar refractivity (Wildman–Crippen MR) is 161 cm³/mol. The van der Waals surface area contributed by atoms with Gasteiger partial charge in [0.1, 0.15) is 10.5 Å². The van der Waals surface area contributed by atoms with Crippen LogP contribution in [0.5, 0.6) is 17.2 Å². The number of urea groups is 1. The third kappa shape index (κ3) is 7.48. The molecule has 4 amide bonds. The van der Waals surface area contributed by atoms with E-state index in [-0.39, 0.29) is 32.8 Å². The largest absolute Gasteiger partial charge is 0.490 e. The molecule has 0 unspecified atom stereocenters. The number of amides is 4. The summed E-state index contributed by atoms with van der Waals surface area (Å²) in [5, 5.41) is 2.04. The van der Waals surface area contributed by atoms with Crippen LogP contribution in [0.1, 0.15) is 37.0 Å². The molecule has 0 aliphatic carbocycles. The maximum atomic E-state index is 13.5. The van der Waals surface area contributed by atoms with Gasteiger partial charge < -0.3 is 13.7 Å². The Morgan fingerprint density at radius 1 is 0.930 bits per heavy atom. The molecule has 226 valence electrons. The number of nitrogens with one attached hydrogen (secondary N) is 1. The zero-order valence-corrected chi connectivity index (χ0v) is 25.8. The maximum absolute atomic E-state index is 13.5. The van der Waals surface area contributed by atoms with Gasteiger partial charge >= 0.3 is 16.1 Å². The van der Waals surface area contributed by atoms with Gasteiger partial charge in [0.15, 0.2) is 17.2 Å². The number of hydrogen-bond acceptors (Lipinski definition) is 8. The summed E-state index contributed by atoms with van der Waals surface area (Å²) in [5.41, 5.74) is 0.828. The molecule has 10 nitrogen and oxygen atoms in total. The lowest BCUT2D eigenvalue weighted by Crippen LogP contribution is -2.53. The van der Waals surface area contributed by atoms with Crippen LogP contribution in [-0.4, -0.2) is 44.4 Å². The molecule has 0 bridgehead atoms. The minimum atomic E-state index is -4.36. The quantitative estimate of drug-likeness (QED) is 0.154. The number of benzene rings is 3. The smallest absolute Gasteiger partial charge is 0.339 e. The number of hydrogen-bond donors (Lipinski definition) is 1. The molecule has 0 spiro atoms. The molecule has 1 fully saturated rings. The highest BCUT2D eigenvalue weighted by atomic mass is 35.5. The number of barbiturate groups is 1. The maximum Gasteiger partial charge on any atom is 0.339 e. The fourth-order valence-electron chi connectivity index (χ4n) is 4.06. The fraction of sp³-hybridized carbons (Fsp3) is 0.233. The van der Waals surface area contributed by atoms with Crippen LogP contribution in [-0.2, 0) is 26.3 Å². The zero-order valence-electron chi connectivity index (χ0n) is 23.5. The number of nitrogens with zero attached hydrogens (tertiary/aromatic N) is 1. The first-order valence-electron chi connectivity index (χ1n) is 13.2. The van der Waals surface area contributed by atoms with Crippen molar-refractivity contribution in [1.82, 2.24) is 10.2 Å². The average Bonchev–Trinajstić information content (AvgIpc) is 2.95. The molecule has 43 heavy (non-hydrogen) atoms. The fourth-order valence-corrected chi connectivity index (χ4v) is 5.63. The van der Waals surface area contributed by atoms with Crippen molar-refractivity contribution in [2.24, 2.45) is 0 Å². The Morgan fingerprint density at radius 3 is 2.33 bits per heavy atom. The molecular formula is C30H28Cl2N2O8S. The molecule has 0 atom stereocenters. The van der Waals surface area contributed by atoms with Crippen LogP contribution < -0.4 is 19.0 Å². The van der Waals surface area contributed by atoms with Gasteiger partial charge in [0.25, 0.3) is 11.8 Å². The number of aryl methyl sites for hydroxylation is 1. The van der Waals surface area contributed by atoms with E-state index >= 15 is 0 Å². The van der Waals surface area contributed by atoms with E-state index in [1.54, 1.807) is 37.3 Å². The Labute approximate surface area is 259 Å². The van der Waals surface area contributed by atoms with Crippen LogP contribution in [0, 0.1) is 6.92 Å². The number of rotatable bonds is 11. The van der Waals surface area contributed by atoms with Crippen molar-refractivity contribution in [2.75, 3.05) is 13.2 Å². The molecule has 1 aliphatic heterocycles. The molecule has 1 saturated heterocycles. The second-order valence-electron chi connectivity index (χ2n) is 9.43. The van der Waals surface area contributed by atoms with Gasteiger partial charge in [-0.1, -0.05) is 53.9 Å².